The highest BCUT2D eigenvalue weighted by Gasteiger charge is 2.13. The first-order valence-electron chi connectivity index (χ1n) is 5.10. The third kappa shape index (κ3) is 3.85. The van der Waals surface area contributed by atoms with E-state index < -0.39 is 6.10 Å². The fraction of sp³-hybridized carbons (Fsp3) is 0.455. The average molecular weight is 306 g/mol. The summed E-state index contributed by atoms with van der Waals surface area (Å²) in [5.41, 5.74) is 6.45. The van der Waals surface area contributed by atoms with E-state index in [1.165, 1.54) is 7.11 Å². The van der Waals surface area contributed by atoms with Crippen molar-refractivity contribution in [3.63, 3.8) is 0 Å². The summed E-state index contributed by atoms with van der Waals surface area (Å²) in [5.74, 6) is 1.02. The summed E-state index contributed by atoms with van der Waals surface area (Å²) in [6.07, 6.45) is -0.916. The van der Waals surface area contributed by atoms with E-state index in [4.69, 9.17) is 20.3 Å². The van der Waals surface area contributed by atoms with Gasteiger partial charge in [0.05, 0.1) is 18.2 Å². The Morgan fingerprint density at radius 3 is 2.71 bits per heavy atom. The average Bonchev–Trinajstić information content (AvgIpc) is 2.35. The Bertz CT molecular complexity index is 373. The molecule has 0 fully saturated rings. The molecule has 5 nitrogen and oxygen atoms in total. The summed E-state index contributed by atoms with van der Waals surface area (Å²) < 4.78 is 11.3. The molecule has 17 heavy (non-hydrogen) atoms. The number of aliphatic hydroxyl groups is 2. The third-order valence-corrected chi connectivity index (χ3v) is 2.74. The molecule has 0 aliphatic heterocycles. The van der Waals surface area contributed by atoms with E-state index in [0.717, 1.165) is 5.56 Å². The lowest BCUT2D eigenvalue weighted by atomic mass is 10.2. The highest BCUT2D eigenvalue weighted by atomic mass is 79.9. The summed E-state index contributed by atoms with van der Waals surface area (Å²) in [6.45, 7) is 0.0444. The molecule has 0 radical (unpaired) electrons. The van der Waals surface area contributed by atoms with Crippen molar-refractivity contribution in [2.24, 2.45) is 5.73 Å². The summed E-state index contributed by atoms with van der Waals surface area (Å²) in [5, 5.41) is 17.9. The number of halogens is 1. The highest BCUT2D eigenvalue weighted by Crippen LogP contribution is 2.36. The third-order valence-electron chi connectivity index (χ3n) is 2.16. The van der Waals surface area contributed by atoms with Gasteiger partial charge in [-0.2, -0.15) is 0 Å². The Labute approximate surface area is 108 Å². The molecule has 4 N–H and O–H groups in total. The number of nitrogens with two attached hydrogens (primary N) is 1. The standard InChI is InChI=1S/C11H16BrNO4/c1-16-10-3-7(4-13)2-9(12)11(10)17-6-8(15)5-14/h2-3,8,14-15H,4-6,13H2,1H3. The van der Waals surface area contributed by atoms with Crippen molar-refractivity contribution in [2.45, 2.75) is 12.6 Å². The van der Waals surface area contributed by atoms with Gasteiger partial charge in [-0.05, 0) is 33.6 Å². The van der Waals surface area contributed by atoms with Gasteiger partial charge < -0.3 is 25.4 Å². The second kappa shape index (κ2) is 6.80. The van der Waals surface area contributed by atoms with Crippen LogP contribution in [-0.4, -0.2) is 36.6 Å². The van der Waals surface area contributed by atoms with Crippen LogP contribution in [0.25, 0.3) is 0 Å². The number of rotatable bonds is 6. The predicted octanol–water partition coefficient (Wildman–Crippen LogP) is 0.648. The lowest BCUT2D eigenvalue weighted by Crippen LogP contribution is -2.21. The smallest absolute Gasteiger partial charge is 0.175 e. The molecule has 0 heterocycles. The molecule has 0 saturated heterocycles. The van der Waals surface area contributed by atoms with E-state index in [2.05, 4.69) is 15.9 Å². The van der Waals surface area contributed by atoms with Crippen molar-refractivity contribution < 1.29 is 19.7 Å². The number of hydrogen-bond donors (Lipinski definition) is 3. The molecule has 0 aromatic heterocycles. The Kier molecular flexibility index (Phi) is 5.70. The fourth-order valence-corrected chi connectivity index (χ4v) is 1.87. The van der Waals surface area contributed by atoms with Gasteiger partial charge in [0.25, 0.3) is 0 Å². The topological polar surface area (TPSA) is 84.9 Å². The summed E-state index contributed by atoms with van der Waals surface area (Å²) >= 11 is 3.35. The highest BCUT2D eigenvalue weighted by molar-refractivity contribution is 9.10. The fourth-order valence-electron chi connectivity index (χ4n) is 1.26. The number of ether oxygens (including phenoxy) is 2. The van der Waals surface area contributed by atoms with Gasteiger partial charge >= 0.3 is 0 Å². The van der Waals surface area contributed by atoms with Crippen LogP contribution in [0.2, 0.25) is 0 Å². The molecule has 1 aromatic rings. The van der Waals surface area contributed by atoms with Gasteiger partial charge in [-0.15, -0.1) is 0 Å². The lowest BCUT2D eigenvalue weighted by Gasteiger charge is -2.15. The van der Waals surface area contributed by atoms with E-state index in [1.54, 1.807) is 6.07 Å². The summed E-state index contributed by atoms with van der Waals surface area (Å²) in [6, 6.07) is 3.59. The van der Waals surface area contributed by atoms with Gasteiger partial charge in [0.1, 0.15) is 12.7 Å². The van der Waals surface area contributed by atoms with Crippen molar-refractivity contribution >= 4 is 15.9 Å². The van der Waals surface area contributed by atoms with Crippen LogP contribution in [0, 0.1) is 0 Å². The minimum absolute atomic E-state index is 0.00652. The van der Waals surface area contributed by atoms with Crippen LogP contribution in [0.1, 0.15) is 5.56 Å². The van der Waals surface area contributed by atoms with E-state index in [9.17, 15) is 5.11 Å². The quantitative estimate of drug-likeness (QED) is 0.718. The van der Waals surface area contributed by atoms with Crippen molar-refractivity contribution in [2.75, 3.05) is 20.3 Å². The molecule has 1 rings (SSSR count). The van der Waals surface area contributed by atoms with E-state index >= 15 is 0 Å². The molecule has 0 saturated carbocycles. The number of aliphatic hydroxyl groups excluding tert-OH is 2. The molecule has 0 spiro atoms. The Balaban J connectivity index is 2.89. The molecule has 0 bridgehead atoms. The predicted molar refractivity (Wildman–Crippen MR) is 67.2 cm³/mol. The molecule has 0 amide bonds. The van der Waals surface area contributed by atoms with Gasteiger partial charge in [0, 0.05) is 6.54 Å². The maximum Gasteiger partial charge on any atom is 0.175 e. The molecule has 0 aliphatic rings. The molecule has 6 heteroatoms. The van der Waals surface area contributed by atoms with Crippen LogP contribution in [0.3, 0.4) is 0 Å². The van der Waals surface area contributed by atoms with Gasteiger partial charge in [-0.3, -0.25) is 0 Å². The monoisotopic (exact) mass is 305 g/mol. The molecule has 1 aromatic carbocycles. The summed E-state index contributed by atoms with van der Waals surface area (Å²) in [7, 11) is 1.53. The van der Waals surface area contributed by atoms with E-state index in [-0.39, 0.29) is 13.2 Å². The van der Waals surface area contributed by atoms with Crippen molar-refractivity contribution in [1.29, 1.82) is 0 Å². The minimum Gasteiger partial charge on any atom is -0.493 e. The maximum absolute atomic E-state index is 9.22. The first-order chi connectivity index (χ1) is 8.12. The summed E-state index contributed by atoms with van der Waals surface area (Å²) in [4.78, 5) is 0. The first-order valence-corrected chi connectivity index (χ1v) is 5.89. The van der Waals surface area contributed by atoms with Crippen molar-refractivity contribution in [3.8, 4) is 11.5 Å². The second-order valence-electron chi connectivity index (χ2n) is 3.46. The van der Waals surface area contributed by atoms with Crippen LogP contribution in [0.15, 0.2) is 16.6 Å². The van der Waals surface area contributed by atoms with Crippen molar-refractivity contribution in [1.82, 2.24) is 0 Å². The zero-order chi connectivity index (χ0) is 12.8. The molecular weight excluding hydrogens is 290 g/mol. The first kappa shape index (κ1) is 14.2. The number of benzene rings is 1. The molecule has 1 unspecified atom stereocenters. The lowest BCUT2D eigenvalue weighted by molar-refractivity contribution is 0.0524. The van der Waals surface area contributed by atoms with Gasteiger partial charge in [0.2, 0.25) is 0 Å². The zero-order valence-corrected chi connectivity index (χ0v) is 11.1. The van der Waals surface area contributed by atoms with E-state index in [0.29, 0.717) is 22.5 Å². The molecule has 1 atom stereocenters. The minimum atomic E-state index is -0.916. The Morgan fingerprint density at radius 2 is 2.18 bits per heavy atom. The SMILES string of the molecule is COc1cc(CN)cc(Br)c1OCC(O)CO. The van der Waals surface area contributed by atoms with Crippen molar-refractivity contribution in [3.05, 3.63) is 22.2 Å². The molecular formula is C11H16BrNO4. The maximum atomic E-state index is 9.22. The Hall–Kier alpha value is -0.820. The largest absolute Gasteiger partial charge is 0.493 e. The normalized spacial score (nSPS) is 12.3. The Morgan fingerprint density at radius 1 is 1.47 bits per heavy atom. The van der Waals surface area contributed by atoms with Gasteiger partial charge in [0.15, 0.2) is 11.5 Å². The second-order valence-corrected chi connectivity index (χ2v) is 4.31. The molecule has 96 valence electrons. The number of hydrogen-bond acceptors (Lipinski definition) is 5. The van der Waals surface area contributed by atoms with Crippen LogP contribution in [0.4, 0.5) is 0 Å². The zero-order valence-electron chi connectivity index (χ0n) is 9.52. The van der Waals surface area contributed by atoms with Crippen LogP contribution in [0.5, 0.6) is 11.5 Å². The molecule has 0 aliphatic carbocycles. The van der Waals surface area contributed by atoms with Gasteiger partial charge in [-0.25, -0.2) is 0 Å². The van der Waals surface area contributed by atoms with Gasteiger partial charge in [-0.1, -0.05) is 0 Å². The van der Waals surface area contributed by atoms with Crippen LogP contribution in [-0.2, 0) is 6.54 Å². The van der Waals surface area contributed by atoms with Crippen LogP contribution < -0.4 is 15.2 Å². The van der Waals surface area contributed by atoms with Crippen LogP contribution >= 0.6 is 15.9 Å². The van der Waals surface area contributed by atoms with E-state index in [1.807, 2.05) is 6.07 Å². The number of methoxy groups -OCH3 is 1.